The minimum absolute atomic E-state index is 0.0675. The van der Waals surface area contributed by atoms with E-state index in [9.17, 15) is 8.60 Å². The zero-order valence-electron chi connectivity index (χ0n) is 10.3. The Hall–Kier alpha value is -1.39. The molecule has 0 saturated heterocycles. The third-order valence-corrected chi connectivity index (χ3v) is 4.47. The molecular weight excluding hydrogens is 285 g/mol. The van der Waals surface area contributed by atoms with E-state index in [0.29, 0.717) is 16.1 Å². The molecule has 1 atom stereocenters. The second-order valence-corrected chi connectivity index (χ2v) is 6.12. The Bertz CT molecular complexity index is 645. The van der Waals surface area contributed by atoms with Gasteiger partial charge in [-0.3, -0.25) is 4.21 Å². The van der Waals surface area contributed by atoms with E-state index >= 15 is 0 Å². The molecule has 0 radical (unpaired) electrons. The first kappa shape index (κ1) is 14.0. The Morgan fingerprint density at radius 1 is 1.26 bits per heavy atom. The number of nitrogens with two attached hydrogens (primary N) is 1. The SMILES string of the molecule is Cc1cc(S(=O)Cc2ccc(Cl)c(F)c2)ccc1N. The van der Waals surface area contributed by atoms with Gasteiger partial charge in [0.15, 0.2) is 0 Å². The number of anilines is 1. The van der Waals surface area contributed by atoms with Crippen LogP contribution < -0.4 is 5.73 Å². The van der Waals surface area contributed by atoms with Crippen molar-refractivity contribution < 1.29 is 8.60 Å². The monoisotopic (exact) mass is 297 g/mol. The summed E-state index contributed by atoms with van der Waals surface area (Å²) in [5, 5.41) is 0.0675. The summed E-state index contributed by atoms with van der Waals surface area (Å²) in [7, 11) is -1.23. The van der Waals surface area contributed by atoms with E-state index in [1.54, 1.807) is 24.3 Å². The summed E-state index contributed by atoms with van der Waals surface area (Å²) in [5.74, 6) is -0.248. The molecule has 0 heterocycles. The van der Waals surface area contributed by atoms with Crippen LogP contribution in [0.25, 0.3) is 0 Å². The van der Waals surface area contributed by atoms with Crippen LogP contribution in [-0.2, 0) is 16.6 Å². The molecule has 2 rings (SSSR count). The van der Waals surface area contributed by atoms with Crippen LogP contribution in [-0.4, -0.2) is 4.21 Å². The Labute approximate surface area is 118 Å². The molecule has 100 valence electrons. The molecule has 2 aromatic carbocycles. The zero-order valence-corrected chi connectivity index (χ0v) is 11.9. The zero-order chi connectivity index (χ0) is 14.0. The van der Waals surface area contributed by atoms with Crippen LogP contribution >= 0.6 is 11.6 Å². The third-order valence-electron chi connectivity index (χ3n) is 2.79. The molecule has 0 aliphatic carbocycles. The average molecular weight is 298 g/mol. The summed E-state index contributed by atoms with van der Waals surface area (Å²) in [6.07, 6.45) is 0. The van der Waals surface area contributed by atoms with Crippen molar-refractivity contribution in [3.05, 3.63) is 58.4 Å². The van der Waals surface area contributed by atoms with Crippen LogP contribution in [0.3, 0.4) is 0 Å². The van der Waals surface area contributed by atoms with E-state index < -0.39 is 16.6 Å². The molecule has 0 bridgehead atoms. The summed E-state index contributed by atoms with van der Waals surface area (Å²) >= 11 is 5.61. The van der Waals surface area contributed by atoms with Crippen molar-refractivity contribution in [3.8, 4) is 0 Å². The number of rotatable bonds is 3. The van der Waals surface area contributed by atoms with Gasteiger partial charge in [-0.25, -0.2) is 4.39 Å². The number of halogens is 2. The van der Waals surface area contributed by atoms with Crippen molar-refractivity contribution in [2.24, 2.45) is 0 Å². The topological polar surface area (TPSA) is 43.1 Å². The summed E-state index contributed by atoms with van der Waals surface area (Å²) < 4.78 is 25.5. The molecule has 2 nitrogen and oxygen atoms in total. The molecule has 5 heteroatoms. The Balaban J connectivity index is 2.20. The van der Waals surface area contributed by atoms with Gasteiger partial charge in [0.1, 0.15) is 5.82 Å². The van der Waals surface area contributed by atoms with Crippen molar-refractivity contribution >= 4 is 28.1 Å². The van der Waals surface area contributed by atoms with E-state index in [2.05, 4.69) is 0 Å². The molecular formula is C14H13ClFNOS. The predicted octanol–water partition coefficient (Wildman–Crippen LogP) is 3.68. The van der Waals surface area contributed by atoms with Crippen LogP contribution in [0.4, 0.5) is 10.1 Å². The van der Waals surface area contributed by atoms with Gasteiger partial charge in [-0.1, -0.05) is 17.7 Å². The molecule has 0 amide bonds. The maximum Gasteiger partial charge on any atom is 0.142 e. The van der Waals surface area contributed by atoms with Gasteiger partial charge in [0.25, 0.3) is 0 Å². The molecule has 0 aliphatic heterocycles. The van der Waals surface area contributed by atoms with Crippen LogP contribution in [0.15, 0.2) is 41.3 Å². The Morgan fingerprint density at radius 3 is 2.63 bits per heavy atom. The first-order valence-electron chi connectivity index (χ1n) is 5.66. The van der Waals surface area contributed by atoms with Gasteiger partial charge in [-0.05, 0) is 48.4 Å². The van der Waals surface area contributed by atoms with Crippen molar-refractivity contribution in [2.45, 2.75) is 17.6 Å². The molecule has 0 fully saturated rings. The fourth-order valence-corrected chi connectivity index (χ4v) is 2.95. The Morgan fingerprint density at radius 2 is 2.00 bits per heavy atom. The van der Waals surface area contributed by atoms with Gasteiger partial charge in [0, 0.05) is 10.6 Å². The lowest BCUT2D eigenvalue weighted by molar-refractivity contribution is 0.626. The smallest absolute Gasteiger partial charge is 0.142 e. The highest BCUT2D eigenvalue weighted by Gasteiger charge is 2.08. The van der Waals surface area contributed by atoms with Gasteiger partial charge in [-0.15, -0.1) is 0 Å². The predicted molar refractivity (Wildman–Crippen MR) is 77.1 cm³/mol. The standard InChI is InChI=1S/C14H13ClFNOS/c1-9-6-11(3-5-14(9)17)19(18)8-10-2-4-12(15)13(16)7-10/h2-7H,8,17H2,1H3. The van der Waals surface area contributed by atoms with Gasteiger partial charge >= 0.3 is 0 Å². The molecule has 0 spiro atoms. The summed E-state index contributed by atoms with van der Waals surface area (Å²) in [6.45, 7) is 1.86. The lowest BCUT2D eigenvalue weighted by Gasteiger charge is -2.06. The van der Waals surface area contributed by atoms with Gasteiger partial charge < -0.3 is 5.73 Å². The van der Waals surface area contributed by atoms with Gasteiger partial charge in [0.2, 0.25) is 0 Å². The Kier molecular flexibility index (Phi) is 4.22. The molecule has 0 saturated carbocycles. The van der Waals surface area contributed by atoms with Gasteiger partial charge in [-0.2, -0.15) is 0 Å². The number of benzene rings is 2. The first-order valence-corrected chi connectivity index (χ1v) is 7.35. The maximum atomic E-state index is 13.3. The van der Waals surface area contributed by atoms with E-state index in [1.165, 1.54) is 12.1 Å². The largest absolute Gasteiger partial charge is 0.399 e. The molecule has 19 heavy (non-hydrogen) atoms. The summed E-state index contributed by atoms with van der Waals surface area (Å²) in [5.41, 5.74) is 7.91. The fraction of sp³-hybridized carbons (Fsp3) is 0.143. The summed E-state index contributed by atoms with van der Waals surface area (Å²) in [4.78, 5) is 0.682. The molecule has 0 aromatic heterocycles. The summed E-state index contributed by atoms with van der Waals surface area (Å²) in [6, 6.07) is 9.70. The highest BCUT2D eigenvalue weighted by Crippen LogP contribution is 2.20. The van der Waals surface area contributed by atoms with Crippen LogP contribution in [0.5, 0.6) is 0 Å². The highest BCUT2D eigenvalue weighted by atomic mass is 35.5. The average Bonchev–Trinajstić information content (AvgIpc) is 2.37. The number of hydrogen-bond acceptors (Lipinski definition) is 2. The fourth-order valence-electron chi connectivity index (χ4n) is 1.65. The lowest BCUT2D eigenvalue weighted by atomic mass is 10.2. The third kappa shape index (κ3) is 3.33. The molecule has 2 N–H and O–H groups in total. The van der Waals surface area contributed by atoms with E-state index in [1.807, 2.05) is 6.92 Å². The lowest BCUT2D eigenvalue weighted by Crippen LogP contribution is -1.99. The molecule has 1 unspecified atom stereocenters. The number of nitrogen functional groups attached to an aromatic ring is 1. The highest BCUT2D eigenvalue weighted by molar-refractivity contribution is 7.84. The molecule has 2 aromatic rings. The number of hydrogen-bond donors (Lipinski definition) is 1. The first-order chi connectivity index (χ1) is 8.97. The minimum atomic E-state index is -1.23. The second kappa shape index (κ2) is 5.72. The second-order valence-electron chi connectivity index (χ2n) is 4.26. The van der Waals surface area contributed by atoms with Crippen molar-refractivity contribution in [2.75, 3.05) is 5.73 Å². The van der Waals surface area contributed by atoms with Crippen LogP contribution in [0.2, 0.25) is 5.02 Å². The van der Waals surface area contributed by atoms with E-state index in [0.717, 1.165) is 5.56 Å². The molecule has 0 aliphatic rings. The normalized spacial score (nSPS) is 12.4. The van der Waals surface area contributed by atoms with Gasteiger partial charge in [0.05, 0.1) is 21.6 Å². The van der Waals surface area contributed by atoms with E-state index in [-0.39, 0.29) is 10.8 Å². The quantitative estimate of drug-likeness (QED) is 0.878. The maximum absolute atomic E-state index is 13.3. The van der Waals surface area contributed by atoms with Crippen molar-refractivity contribution in [1.29, 1.82) is 0 Å². The van der Waals surface area contributed by atoms with E-state index in [4.69, 9.17) is 17.3 Å². The van der Waals surface area contributed by atoms with Crippen molar-refractivity contribution in [1.82, 2.24) is 0 Å². The van der Waals surface area contributed by atoms with Crippen molar-refractivity contribution in [3.63, 3.8) is 0 Å². The minimum Gasteiger partial charge on any atom is -0.399 e. The number of aryl methyl sites for hydroxylation is 1. The van der Waals surface area contributed by atoms with Crippen LogP contribution in [0, 0.1) is 12.7 Å². The van der Waals surface area contributed by atoms with Crippen LogP contribution in [0.1, 0.15) is 11.1 Å².